The van der Waals surface area contributed by atoms with Crippen LogP contribution in [0.15, 0.2) is 29.2 Å². The standard InChI is InChI=1S/C7H8O3S.C5H10N2/c1-6-2-4-7(5-3-6)11(8,9)10;6-5-3-1-7-2-4(3)5/h2-5H,1H3,(H,8,9,10);3-5,7H,1-2,6H2. The smallest absolute Gasteiger partial charge is 0.294 e. The molecule has 1 saturated carbocycles. The van der Waals surface area contributed by atoms with Crippen LogP contribution in [0.3, 0.4) is 0 Å². The first kappa shape index (κ1) is 13.5. The third-order valence-electron chi connectivity index (χ3n) is 3.48. The minimum Gasteiger partial charge on any atom is -0.327 e. The van der Waals surface area contributed by atoms with Crippen LogP contribution in [0.5, 0.6) is 0 Å². The Hall–Kier alpha value is -0.950. The SMILES string of the molecule is Cc1ccc(S(=O)(=O)O)cc1.NC1C2CNCC12. The fourth-order valence-electron chi connectivity index (χ4n) is 2.18. The molecule has 5 nitrogen and oxygen atoms in total. The highest BCUT2D eigenvalue weighted by atomic mass is 32.2. The molecule has 3 rings (SSSR count). The minimum atomic E-state index is -4.02. The molecule has 1 aromatic carbocycles. The highest BCUT2D eigenvalue weighted by Crippen LogP contribution is 2.39. The van der Waals surface area contributed by atoms with E-state index in [0.717, 1.165) is 17.4 Å². The van der Waals surface area contributed by atoms with Crippen LogP contribution in [-0.4, -0.2) is 32.1 Å². The Labute approximate surface area is 107 Å². The molecule has 100 valence electrons. The second-order valence-electron chi connectivity index (χ2n) is 4.85. The highest BCUT2D eigenvalue weighted by molar-refractivity contribution is 7.85. The maximum Gasteiger partial charge on any atom is 0.294 e. The molecule has 0 radical (unpaired) electrons. The molecule has 6 heteroatoms. The van der Waals surface area contributed by atoms with E-state index in [1.54, 1.807) is 12.1 Å². The van der Waals surface area contributed by atoms with Crippen LogP contribution in [0.25, 0.3) is 0 Å². The molecule has 0 aromatic heterocycles. The first-order chi connectivity index (χ1) is 8.39. The van der Waals surface area contributed by atoms with Crippen LogP contribution >= 0.6 is 0 Å². The third-order valence-corrected chi connectivity index (χ3v) is 4.34. The lowest BCUT2D eigenvalue weighted by Gasteiger charge is -1.95. The van der Waals surface area contributed by atoms with Gasteiger partial charge in [0.25, 0.3) is 10.1 Å². The zero-order valence-corrected chi connectivity index (χ0v) is 11.0. The third kappa shape index (κ3) is 3.08. The maximum atomic E-state index is 10.5. The number of rotatable bonds is 1. The molecule has 1 aliphatic heterocycles. The molecule has 2 atom stereocenters. The van der Waals surface area contributed by atoms with Gasteiger partial charge >= 0.3 is 0 Å². The Morgan fingerprint density at radius 1 is 1.22 bits per heavy atom. The summed E-state index contributed by atoms with van der Waals surface area (Å²) >= 11 is 0. The molecule has 0 bridgehead atoms. The van der Waals surface area contributed by atoms with Gasteiger partial charge in [-0.05, 0) is 44.0 Å². The molecule has 1 aliphatic carbocycles. The van der Waals surface area contributed by atoms with Crippen LogP contribution in [0.1, 0.15) is 5.56 Å². The largest absolute Gasteiger partial charge is 0.327 e. The van der Waals surface area contributed by atoms with Crippen molar-refractivity contribution in [2.24, 2.45) is 17.6 Å². The number of fused-ring (bicyclic) bond motifs is 1. The predicted octanol–water partition coefficient (Wildman–Crippen LogP) is 0.405. The lowest BCUT2D eigenvalue weighted by Crippen LogP contribution is -2.21. The van der Waals surface area contributed by atoms with Gasteiger partial charge in [-0.1, -0.05) is 17.7 Å². The second kappa shape index (κ2) is 4.97. The molecule has 1 heterocycles. The van der Waals surface area contributed by atoms with E-state index in [4.69, 9.17) is 10.3 Å². The molecule has 2 unspecified atom stereocenters. The Morgan fingerprint density at radius 2 is 1.72 bits per heavy atom. The van der Waals surface area contributed by atoms with Gasteiger partial charge in [0.2, 0.25) is 0 Å². The fraction of sp³-hybridized carbons (Fsp3) is 0.500. The predicted molar refractivity (Wildman–Crippen MR) is 68.8 cm³/mol. The van der Waals surface area contributed by atoms with Crippen molar-refractivity contribution >= 4 is 10.1 Å². The zero-order chi connectivity index (χ0) is 13.3. The number of nitrogens with one attached hydrogen (secondary N) is 1. The Balaban J connectivity index is 0.000000146. The first-order valence-electron chi connectivity index (χ1n) is 5.90. The average molecular weight is 270 g/mol. The van der Waals surface area contributed by atoms with Gasteiger partial charge in [0.05, 0.1) is 4.90 Å². The van der Waals surface area contributed by atoms with E-state index < -0.39 is 10.1 Å². The zero-order valence-electron chi connectivity index (χ0n) is 10.2. The summed E-state index contributed by atoms with van der Waals surface area (Å²) in [5.74, 6) is 1.69. The van der Waals surface area contributed by atoms with Gasteiger partial charge < -0.3 is 11.1 Å². The van der Waals surface area contributed by atoms with Crippen LogP contribution in [0, 0.1) is 18.8 Å². The van der Waals surface area contributed by atoms with E-state index in [2.05, 4.69) is 5.32 Å². The highest BCUT2D eigenvalue weighted by Gasteiger charge is 2.50. The summed E-state index contributed by atoms with van der Waals surface area (Å²) in [6.45, 7) is 4.19. The summed E-state index contributed by atoms with van der Waals surface area (Å²) in [6, 6.07) is 6.54. The van der Waals surface area contributed by atoms with E-state index >= 15 is 0 Å². The number of piperidine rings is 1. The lowest BCUT2D eigenvalue weighted by atomic mass is 10.2. The van der Waals surface area contributed by atoms with Gasteiger partial charge in [-0.2, -0.15) is 8.42 Å². The molecule has 4 N–H and O–H groups in total. The molecule has 2 aliphatic rings. The summed E-state index contributed by atoms with van der Waals surface area (Å²) in [5.41, 5.74) is 6.59. The van der Waals surface area contributed by atoms with E-state index in [0.29, 0.717) is 6.04 Å². The molecular formula is C12H18N2O3S. The summed E-state index contributed by atoms with van der Waals surface area (Å²) in [5, 5.41) is 3.27. The molecular weight excluding hydrogens is 252 g/mol. The van der Waals surface area contributed by atoms with E-state index in [-0.39, 0.29) is 4.90 Å². The van der Waals surface area contributed by atoms with Crippen molar-refractivity contribution in [3.63, 3.8) is 0 Å². The number of aryl methyl sites for hydroxylation is 1. The van der Waals surface area contributed by atoms with Gasteiger partial charge in [-0.15, -0.1) is 0 Å². The minimum absolute atomic E-state index is 0.0666. The fourth-order valence-corrected chi connectivity index (χ4v) is 2.66. The monoisotopic (exact) mass is 270 g/mol. The van der Waals surface area contributed by atoms with Crippen LogP contribution in [0.2, 0.25) is 0 Å². The molecule has 0 amide bonds. The van der Waals surface area contributed by atoms with Crippen molar-refractivity contribution in [3.05, 3.63) is 29.8 Å². The van der Waals surface area contributed by atoms with Crippen molar-refractivity contribution in [1.82, 2.24) is 5.32 Å². The van der Waals surface area contributed by atoms with Gasteiger partial charge in [-0.3, -0.25) is 4.55 Å². The maximum absolute atomic E-state index is 10.5. The average Bonchev–Trinajstić information content (AvgIpc) is 2.76. The van der Waals surface area contributed by atoms with Crippen molar-refractivity contribution in [3.8, 4) is 0 Å². The van der Waals surface area contributed by atoms with E-state index in [9.17, 15) is 8.42 Å². The summed E-state index contributed by atoms with van der Waals surface area (Å²) < 4.78 is 29.6. The first-order valence-corrected chi connectivity index (χ1v) is 7.34. The topological polar surface area (TPSA) is 92.4 Å². The lowest BCUT2D eigenvalue weighted by molar-refractivity contribution is 0.483. The van der Waals surface area contributed by atoms with E-state index in [1.807, 2.05) is 6.92 Å². The Morgan fingerprint density at radius 3 is 2.06 bits per heavy atom. The van der Waals surface area contributed by atoms with Crippen LogP contribution in [0.4, 0.5) is 0 Å². The molecule has 0 spiro atoms. The normalized spacial score (nSPS) is 29.2. The van der Waals surface area contributed by atoms with E-state index in [1.165, 1.54) is 25.2 Å². The Bertz CT molecular complexity index is 503. The summed E-state index contributed by atoms with van der Waals surface area (Å²) in [4.78, 5) is -0.0666. The number of benzene rings is 1. The molecule has 1 saturated heterocycles. The Kier molecular flexibility index (Phi) is 3.72. The van der Waals surface area contributed by atoms with Crippen molar-refractivity contribution in [1.29, 1.82) is 0 Å². The number of hydrogen-bond donors (Lipinski definition) is 3. The second-order valence-corrected chi connectivity index (χ2v) is 6.27. The van der Waals surface area contributed by atoms with Gasteiger partial charge in [-0.25, -0.2) is 0 Å². The van der Waals surface area contributed by atoms with Crippen LogP contribution in [-0.2, 0) is 10.1 Å². The van der Waals surface area contributed by atoms with Crippen molar-refractivity contribution in [2.45, 2.75) is 17.9 Å². The van der Waals surface area contributed by atoms with Gasteiger partial charge in [0.15, 0.2) is 0 Å². The summed E-state index contributed by atoms with van der Waals surface area (Å²) in [7, 11) is -4.02. The van der Waals surface area contributed by atoms with Crippen molar-refractivity contribution in [2.75, 3.05) is 13.1 Å². The summed E-state index contributed by atoms with van der Waals surface area (Å²) in [6.07, 6.45) is 0. The van der Waals surface area contributed by atoms with Crippen molar-refractivity contribution < 1.29 is 13.0 Å². The van der Waals surface area contributed by atoms with Gasteiger partial charge in [0, 0.05) is 6.04 Å². The number of nitrogens with two attached hydrogens (primary N) is 1. The number of hydrogen-bond acceptors (Lipinski definition) is 4. The molecule has 1 aromatic rings. The molecule has 2 fully saturated rings. The van der Waals surface area contributed by atoms with Crippen LogP contribution < -0.4 is 11.1 Å². The molecule has 18 heavy (non-hydrogen) atoms. The van der Waals surface area contributed by atoms with Gasteiger partial charge in [0.1, 0.15) is 0 Å². The quantitative estimate of drug-likeness (QED) is 0.643.